The van der Waals surface area contributed by atoms with Crippen LogP contribution in [0.15, 0.2) is 83.9 Å². The fraction of sp³-hybridized carbons (Fsp3) is 0.276. The minimum atomic E-state index is -0.527. The average Bonchev–Trinajstić information content (AvgIpc) is 3.41. The molecule has 0 spiro atoms. The highest BCUT2D eigenvalue weighted by atomic mass is 16.5. The summed E-state index contributed by atoms with van der Waals surface area (Å²) in [6.45, 7) is 4.14. The highest BCUT2D eigenvalue weighted by molar-refractivity contribution is 5.80. The van der Waals surface area contributed by atoms with Crippen LogP contribution in [-0.4, -0.2) is 48.8 Å². The van der Waals surface area contributed by atoms with Gasteiger partial charge in [0.25, 0.3) is 5.56 Å². The smallest absolute Gasteiger partial charge is 0.253 e. The van der Waals surface area contributed by atoms with Crippen LogP contribution in [-0.2, 0) is 30.8 Å². The second-order valence-corrected chi connectivity index (χ2v) is 9.24. The molecule has 0 aliphatic carbocycles. The first kappa shape index (κ1) is 25.4. The predicted octanol–water partition coefficient (Wildman–Crippen LogP) is 3.91. The molecule has 3 aromatic heterocycles. The summed E-state index contributed by atoms with van der Waals surface area (Å²) >= 11 is 0. The Morgan fingerprint density at radius 2 is 1.82 bits per heavy atom. The fourth-order valence-electron chi connectivity index (χ4n) is 4.72. The number of tetrazole rings is 1. The Balaban J connectivity index is 1.69. The number of aryl methyl sites for hydroxylation is 1. The van der Waals surface area contributed by atoms with Crippen molar-refractivity contribution in [3.63, 3.8) is 0 Å². The minimum absolute atomic E-state index is 0.169. The number of H-pyrrole nitrogens is 1. The van der Waals surface area contributed by atoms with Crippen LogP contribution in [0, 0.1) is 0 Å². The number of ether oxygens (including phenoxy) is 1. The average molecular weight is 510 g/mol. The quantitative estimate of drug-likeness (QED) is 0.288. The van der Waals surface area contributed by atoms with Gasteiger partial charge in [-0.2, -0.15) is 0 Å². The van der Waals surface area contributed by atoms with Crippen LogP contribution in [0.5, 0.6) is 0 Å². The highest BCUT2D eigenvalue weighted by Gasteiger charge is 2.31. The number of aromatic amines is 1. The Bertz CT molecular complexity index is 1490. The van der Waals surface area contributed by atoms with Gasteiger partial charge in [0.15, 0.2) is 5.82 Å². The lowest BCUT2D eigenvalue weighted by Crippen LogP contribution is -2.35. The lowest BCUT2D eigenvalue weighted by molar-refractivity contribution is 0.169. The minimum Gasteiger partial charge on any atom is -0.383 e. The second-order valence-electron chi connectivity index (χ2n) is 9.24. The number of fused-ring (bicyclic) bond motifs is 1. The van der Waals surface area contributed by atoms with E-state index in [4.69, 9.17) is 4.74 Å². The molecule has 0 aliphatic rings. The van der Waals surface area contributed by atoms with Gasteiger partial charge >= 0.3 is 0 Å². The summed E-state index contributed by atoms with van der Waals surface area (Å²) in [5.41, 5.74) is 4.55. The van der Waals surface area contributed by atoms with Crippen molar-refractivity contribution in [3.8, 4) is 0 Å². The van der Waals surface area contributed by atoms with Gasteiger partial charge in [0, 0.05) is 43.7 Å². The summed E-state index contributed by atoms with van der Waals surface area (Å²) in [4.78, 5) is 23.3. The maximum absolute atomic E-state index is 13.7. The molecule has 9 nitrogen and oxygen atoms in total. The normalized spacial score (nSPS) is 12.3. The van der Waals surface area contributed by atoms with Crippen molar-refractivity contribution in [2.45, 2.75) is 39.0 Å². The van der Waals surface area contributed by atoms with Gasteiger partial charge in [0.2, 0.25) is 0 Å². The third-order valence-corrected chi connectivity index (χ3v) is 6.65. The molecule has 3 heterocycles. The van der Waals surface area contributed by atoms with Gasteiger partial charge in [-0.1, -0.05) is 49.4 Å². The van der Waals surface area contributed by atoms with Gasteiger partial charge in [-0.25, -0.2) is 4.68 Å². The number of nitrogens with one attached hydrogen (secondary N) is 1. The van der Waals surface area contributed by atoms with E-state index in [-0.39, 0.29) is 5.56 Å². The molecule has 0 unspecified atom stereocenters. The van der Waals surface area contributed by atoms with Gasteiger partial charge in [0.05, 0.1) is 13.2 Å². The van der Waals surface area contributed by atoms with Gasteiger partial charge in [-0.15, -0.1) is 5.10 Å². The third-order valence-electron chi connectivity index (χ3n) is 6.65. The lowest BCUT2D eigenvalue weighted by atomic mass is 10.0. The van der Waals surface area contributed by atoms with E-state index in [1.165, 1.54) is 5.56 Å². The van der Waals surface area contributed by atoms with E-state index in [0.717, 1.165) is 28.5 Å². The molecule has 0 saturated carbocycles. The Hall–Kier alpha value is -4.21. The molecular formula is C29H31N7O2. The molecule has 5 rings (SSSR count). The SMILES string of the molecule is CCc1ccc2[nH]c(=O)c([C@@H](c3nnnn3CCOC)N(Cc3ccccc3)Cc3cccnc3)cc2c1. The molecule has 0 amide bonds. The van der Waals surface area contributed by atoms with E-state index in [1.807, 2.05) is 54.7 Å². The number of benzene rings is 2. The molecular weight excluding hydrogens is 478 g/mol. The number of hydrogen-bond acceptors (Lipinski definition) is 7. The largest absolute Gasteiger partial charge is 0.383 e. The van der Waals surface area contributed by atoms with Crippen LogP contribution >= 0.6 is 0 Å². The van der Waals surface area contributed by atoms with Crippen LogP contribution in [0.2, 0.25) is 0 Å². The van der Waals surface area contributed by atoms with Gasteiger partial charge in [-0.05, 0) is 63.2 Å². The van der Waals surface area contributed by atoms with Crippen LogP contribution in [0.3, 0.4) is 0 Å². The Morgan fingerprint density at radius 1 is 1.00 bits per heavy atom. The second kappa shape index (κ2) is 11.9. The summed E-state index contributed by atoms with van der Waals surface area (Å²) in [6, 6.07) is 21.7. The fourth-order valence-corrected chi connectivity index (χ4v) is 4.72. The van der Waals surface area contributed by atoms with E-state index < -0.39 is 6.04 Å². The van der Waals surface area contributed by atoms with Crippen molar-refractivity contribution in [2.24, 2.45) is 0 Å². The first-order chi connectivity index (χ1) is 18.7. The third kappa shape index (κ3) is 5.69. The van der Waals surface area contributed by atoms with Crippen molar-refractivity contribution in [1.29, 1.82) is 0 Å². The topological polar surface area (TPSA) is 102 Å². The van der Waals surface area contributed by atoms with Crippen molar-refractivity contribution < 1.29 is 4.74 Å². The zero-order chi connectivity index (χ0) is 26.3. The number of pyridine rings is 2. The molecule has 38 heavy (non-hydrogen) atoms. The Labute approximate surface area is 221 Å². The first-order valence-electron chi connectivity index (χ1n) is 12.7. The molecule has 194 valence electrons. The molecule has 0 saturated heterocycles. The standard InChI is InChI=1S/C29H31N7O2/c1-3-21-11-12-26-24(16-21)17-25(29(37)31-26)27(28-32-33-34-36(28)14-15-38-2)35(19-22-8-5-4-6-9-22)20-23-10-7-13-30-18-23/h4-13,16-18,27H,3,14-15,19-20H2,1-2H3,(H,31,37)/t27-/m0/s1. The number of rotatable bonds is 11. The molecule has 0 radical (unpaired) electrons. The van der Waals surface area contributed by atoms with Gasteiger partial charge in [0.1, 0.15) is 6.04 Å². The van der Waals surface area contributed by atoms with E-state index in [9.17, 15) is 4.79 Å². The van der Waals surface area contributed by atoms with E-state index >= 15 is 0 Å². The van der Waals surface area contributed by atoms with Crippen molar-refractivity contribution in [3.05, 3.63) is 118 Å². The molecule has 1 atom stereocenters. The van der Waals surface area contributed by atoms with E-state index in [1.54, 1.807) is 18.0 Å². The monoisotopic (exact) mass is 509 g/mol. The summed E-state index contributed by atoms with van der Waals surface area (Å²) < 4.78 is 7.03. The van der Waals surface area contributed by atoms with Gasteiger partial charge < -0.3 is 9.72 Å². The zero-order valence-corrected chi connectivity index (χ0v) is 21.6. The highest BCUT2D eigenvalue weighted by Crippen LogP contribution is 2.30. The lowest BCUT2D eigenvalue weighted by Gasteiger charge is -2.31. The summed E-state index contributed by atoms with van der Waals surface area (Å²) in [5.74, 6) is 0.582. The van der Waals surface area contributed by atoms with Crippen LogP contribution in [0.4, 0.5) is 0 Å². The first-order valence-corrected chi connectivity index (χ1v) is 12.7. The predicted molar refractivity (Wildman–Crippen MR) is 145 cm³/mol. The number of methoxy groups -OCH3 is 1. The molecule has 0 bridgehead atoms. The summed E-state index contributed by atoms with van der Waals surface area (Å²) in [6.07, 6.45) is 4.51. The molecule has 0 fully saturated rings. The van der Waals surface area contributed by atoms with Crippen molar-refractivity contribution in [2.75, 3.05) is 13.7 Å². The zero-order valence-electron chi connectivity index (χ0n) is 21.6. The molecule has 5 aromatic rings. The molecule has 9 heteroatoms. The van der Waals surface area contributed by atoms with Crippen LogP contribution in [0.1, 0.15) is 41.0 Å². The molecule has 1 N–H and O–H groups in total. The Morgan fingerprint density at radius 3 is 2.58 bits per heavy atom. The van der Waals surface area contributed by atoms with Crippen LogP contribution in [0.25, 0.3) is 10.9 Å². The maximum Gasteiger partial charge on any atom is 0.253 e. The maximum atomic E-state index is 13.7. The summed E-state index contributed by atoms with van der Waals surface area (Å²) in [5, 5.41) is 13.6. The summed E-state index contributed by atoms with van der Waals surface area (Å²) in [7, 11) is 1.64. The van der Waals surface area contributed by atoms with E-state index in [2.05, 4.69) is 55.5 Å². The van der Waals surface area contributed by atoms with Crippen LogP contribution < -0.4 is 5.56 Å². The molecule has 2 aromatic carbocycles. The van der Waals surface area contributed by atoms with E-state index in [0.29, 0.717) is 37.6 Å². The van der Waals surface area contributed by atoms with Crippen molar-refractivity contribution in [1.82, 2.24) is 35.1 Å². The number of hydrogen-bond donors (Lipinski definition) is 1. The van der Waals surface area contributed by atoms with Crippen molar-refractivity contribution >= 4 is 10.9 Å². The number of nitrogens with zero attached hydrogens (tertiary/aromatic N) is 6. The number of aromatic nitrogens is 6. The Kier molecular flexibility index (Phi) is 7.96. The molecule has 0 aliphatic heterocycles. The van der Waals surface area contributed by atoms with Gasteiger partial charge in [-0.3, -0.25) is 14.7 Å².